The van der Waals surface area contributed by atoms with E-state index in [1.165, 1.54) is 0 Å². The molecule has 0 unspecified atom stereocenters. The van der Waals surface area contributed by atoms with Gasteiger partial charge in [-0.1, -0.05) is 23.2 Å². The fraction of sp³-hybridized carbons (Fsp3) is 0.250. The van der Waals surface area contributed by atoms with Gasteiger partial charge in [0.15, 0.2) is 0 Å². The lowest BCUT2D eigenvalue weighted by Crippen LogP contribution is -2.02. The van der Waals surface area contributed by atoms with Crippen molar-refractivity contribution in [3.8, 4) is 5.75 Å². The highest BCUT2D eigenvalue weighted by atomic mass is 35.5. The molecule has 84 valence electrons. The monoisotopic (exact) mass is 262 g/mol. The third-order valence-corrected chi connectivity index (χ3v) is 2.31. The van der Waals surface area contributed by atoms with Crippen molar-refractivity contribution >= 4 is 23.2 Å². The van der Waals surface area contributed by atoms with Gasteiger partial charge in [-0.3, -0.25) is 0 Å². The molecular formula is C8H4Cl2F4O. The summed E-state index contributed by atoms with van der Waals surface area (Å²) in [5.74, 6) is -0.449. The van der Waals surface area contributed by atoms with Crippen LogP contribution in [-0.4, -0.2) is 6.61 Å². The van der Waals surface area contributed by atoms with Gasteiger partial charge in [-0.05, 0) is 6.07 Å². The minimum atomic E-state index is -3.10. The maximum Gasteiger partial charge on any atom is 0.387 e. The highest BCUT2D eigenvalue weighted by molar-refractivity contribution is 6.42. The molecule has 1 aromatic rings. The van der Waals surface area contributed by atoms with Crippen molar-refractivity contribution in [3.05, 3.63) is 27.7 Å². The van der Waals surface area contributed by atoms with Crippen LogP contribution in [0.25, 0.3) is 0 Å². The molecule has 0 saturated heterocycles. The molecule has 1 rings (SSSR count). The first kappa shape index (κ1) is 12.4. The van der Waals surface area contributed by atoms with Crippen molar-refractivity contribution in [2.75, 3.05) is 0 Å². The van der Waals surface area contributed by atoms with Crippen molar-refractivity contribution in [3.63, 3.8) is 0 Å². The standard InChI is InChI=1S/C8H4Cl2F4O/c9-5-2-3(15-8(13)14)1-4(6(5)10)7(11)12/h1-2,7-8H. The van der Waals surface area contributed by atoms with Gasteiger partial charge >= 0.3 is 6.61 Å². The highest BCUT2D eigenvalue weighted by Crippen LogP contribution is 2.36. The van der Waals surface area contributed by atoms with Gasteiger partial charge in [-0.25, -0.2) is 8.78 Å². The van der Waals surface area contributed by atoms with E-state index < -0.39 is 24.3 Å². The summed E-state index contributed by atoms with van der Waals surface area (Å²) >= 11 is 10.9. The lowest BCUT2D eigenvalue weighted by molar-refractivity contribution is -0.0500. The Morgan fingerprint density at radius 3 is 2.13 bits per heavy atom. The molecule has 0 heterocycles. The van der Waals surface area contributed by atoms with E-state index in [2.05, 4.69) is 4.74 Å². The summed E-state index contributed by atoms with van der Waals surface area (Å²) < 4.78 is 52.2. The maximum absolute atomic E-state index is 12.3. The molecule has 1 nitrogen and oxygen atoms in total. The third kappa shape index (κ3) is 3.14. The number of rotatable bonds is 3. The smallest absolute Gasteiger partial charge is 0.387 e. The summed E-state index contributed by atoms with van der Waals surface area (Å²) in [5, 5.41) is -0.626. The molecule has 7 heteroatoms. The summed E-state index contributed by atoms with van der Waals surface area (Å²) in [6, 6.07) is 1.67. The minimum Gasteiger partial charge on any atom is -0.435 e. The number of halogens is 6. The van der Waals surface area contributed by atoms with Crippen LogP contribution in [0, 0.1) is 0 Å². The third-order valence-electron chi connectivity index (χ3n) is 1.49. The van der Waals surface area contributed by atoms with Crippen LogP contribution in [0.5, 0.6) is 5.75 Å². The van der Waals surface area contributed by atoms with Crippen LogP contribution in [0.3, 0.4) is 0 Å². The molecular weight excluding hydrogens is 259 g/mol. The Hall–Kier alpha value is -0.680. The lowest BCUT2D eigenvalue weighted by atomic mass is 10.2. The van der Waals surface area contributed by atoms with Crippen LogP contribution in [0.2, 0.25) is 10.0 Å². The molecule has 1 aromatic carbocycles. The zero-order valence-electron chi connectivity index (χ0n) is 6.99. The quantitative estimate of drug-likeness (QED) is 0.728. The first-order valence-electron chi connectivity index (χ1n) is 3.63. The molecule has 0 aliphatic rings. The van der Waals surface area contributed by atoms with Crippen LogP contribution in [0.4, 0.5) is 17.6 Å². The summed E-state index contributed by atoms with van der Waals surface area (Å²) in [6.45, 7) is -3.10. The Balaban J connectivity index is 3.11. The predicted octanol–water partition coefficient (Wildman–Crippen LogP) is 4.53. The number of hydrogen-bond donors (Lipinski definition) is 0. The Morgan fingerprint density at radius 1 is 1.07 bits per heavy atom. The average Bonchev–Trinajstić information content (AvgIpc) is 2.09. The molecule has 15 heavy (non-hydrogen) atoms. The van der Waals surface area contributed by atoms with Gasteiger partial charge in [-0.2, -0.15) is 8.78 Å². The van der Waals surface area contributed by atoms with Crippen molar-refractivity contribution in [1.29, 1.82) is 0 Å². The molecule has 0 bridgehead atoms. The molecule has 0 amide bonds. The van der Waals surface area contributed by atoms with E-state index in [1.54, 1.807) is 0 Å². The maximum atomic E-state index is 12.3. The number of hydrogen-bond acceptors (Lipinski definition) is 1. The lowest BCUT2D eigenvalue weighted by Gasteiger charge is -2.09. The van der Waals surface area contributed by atoms with Crippen LogP contribution >= 0.6 is 23.2 Å². The van der Waals surface area contributed by atoms with Gasteiger partial charge in [0.05, 0.1) is 10.0 Å². The topological polar surface area (TPSA) is 9.23 Å². The van der Waals surface area contributed by atoms with Crippen molar-refractivity contribution in [1.82, 2.24) is 0 Å². The fourth-order valence-corrected chi connectivity index (χ4v) is 1.32. The van der Waals surface area contributed by atoms with Gasteiger partial charge in [0.1, 0.15) is 5.75 Å². The summed E-state index contributed by atoms with van der Waals surface area (Å²) in [4.78, 5) is 0. The number of alkyl halides is 4. The zero-order valence-corrected chi connectivity index (χ0v) is 8.50. The van der Waals surface area contributed by atoms with Crippen LogP contribution in [0.15, 0.2) is 12.1 Å². The molecule has 0 spiro atoms. The minimum absolute atomic E-state index is 0.259. The number of benzene rings is 1. The molecule has 0 fully saturated rings. The first-order valence-corrected chi connectivity index (χ1v) is 4.39. The second kappa shape index (κ2) is 4.90. The Bertz CT molecular complexity index is 357. The molecule has 0 aliphatic heterocycles. The van der Waals surface area contributed by atoms with Gasteiger partial charge in [0.2, 0.25) is 0 Å². The number of ether oxygens (including phenoxy) is 1. The van der Waals surface area contributed by atoms with Gasteiger partial charge in [-0.15, -0.1) is 0 Å². The van der Waals surface area contributed by atoms with Crippen LogP contribution < -0.4 is 4.74 Å². The van der Waals surface area contributed by atoms with Crippen LogP contribution in [0.1, 0.15) is 12.0 Å². The normalized spacial score (nSPS) is 11.2. The second-order valence-electron chi connectivity index (χ2n) is 2.49. The first-order chi connectivity index (χ1) is 6.91. The molecule has 0 N–H and O–H groups in total. The second-order valence-corrected chi connectivity index (χ2v) is 3.27. The Labute approximate surface area is 92.5 Å². The van der Waals surface area contributed by atoms with Crippen molar-refractivity contribution in [2.24, 2.45) is 0 Å². The van der Waals surface area contributed by atoms with Crippen molar-refractivity contribution in [2.45, 2.75) is 13.0 Å². The highest BCUT2D eigenvalue weighted by Gasteiger charge is 2.17. The largest absolute Gasteiger partial charge is 0.435 e. The van der Waals surface area contributed by atoms with E-state index in [-0.39, 0.29) is 10.0 Å². The Kier molecular flexibility index (Phi) is 4.04. The van der Waals surface area contributed by atoms with E-state index >= 15 is 0 Å². The van der Waals surface area contributed by atoms with Gasteiger partial charge in [0.25, 0.3) is 6.43 Å². The van der Waals surface area contributed by atoms with E-state index in [9.17, 15) is 17.6 Å². The van der Waals surface area contributed by atoms with Gasteiger partial charge < -0.3 is 4.74 Å². The van der Waals surface area contributed by atoms with E-state index in [1.807, 2.05) is 0 Å². The molecule has 0 aromatic heterocycles. The van der Waals surface area contributed by atoms with E-state index in [4.69, 9.17) is 23.2 Å². The van der Waals surface area contributed by atoms with E-state index in [0.29, 0.717) is 0 Å². The SMILES string of the molecule is FC(F)Oc1cc(Cl)c(Cl)c(C(F)F)c1. The predicted molar refractivity (Wildman–Crippen MR) is 48.1 cm³/mol. The fourth-order valence-electron chi connectivity index (χ4n) is 0.914. The van der Waals surface area contributed by atoms with Crippen molar-refractivity contribution < 1.29 is 22.3 Å². The molecule has 0 aliphatic carbocycles. The summed E-state index contributed by atoms with van der Waals surface area (Å²) in [7, 11) is 0. The molecule has 0 saturated carbocycles. The summed E-state index contributed by atoms with van der Waals surface area (Å²) in [6.07, 6.45) is -2.91. The van der Waals surface area contributed by atoms with Crippen LogP contribution in [-0.2, 0) is 0 Å². The Morgan fingerprint density at radius 2 is 1.67 bits per heavy atom. The average molecular weight is 263 g/mol. The summed E-state index contributed by atoms with van der Waals surface area (Å²) in [5.41, 5.74) is -0.639. The van der Waals surface area contributed by atoms with E-state index in [0.717, 1.165) is 12.1 Å². The zero-order chi connectivity index (χ0) is 11.6. The molecule has 0 atom stereocenters. The van der Waals surface area contributed by atoms with Gasteiger partial charge in [0, 0.05) is 11.6 Å². The molecule has 0 radical (unpaired) electrons.